The van der Waals surface area contributed by atoms with Gasteiger partial charge in [-0.3, -0.25) is 10.1 Å². The van der Waals surface area contributed by atoms with Crippen LogP contribution in [-0.2, 0) is 0 Å². The summed E-state index contributed by atoms with van der Waals surface area (Å²) < 4.78 is 5.31. The molecule has 0 unspecified atom stereocenters. The molecule has 0 saturated heterocycles. The van der Waals surface area contributed by atoms with Crippen LogP contribution in [0.25, 0.3) is 0 Å². The third kappa shape index (κ3) is 3.09. The SMILES string of the molecule is Cc1ccnc(Oc2ccc(Cl)cc2[N+](=O)[O-])c1C(=O)O. The molecule has 108 valence electrons. The number of aromatic nitrogens is 1. The lowest BCUT2D eigenvalue weighted by molar-refractivity contribution is -0.385. The van der Waals surface area contributed by atoms with Crippen molar-refractivity contribution >= 4 is 23.3 Å². The Labute approximate surface area is 123 Å². The highest BCUT2D eigenvalue weighted by Crippen LogP contribution is 2.34. The number of ether oxygens (including phenoxy) is 1. The normalized spacial score (nSPS) is 10.2. The van der Waals surface area contributed by atoms with E-state index < -0.39 is 10.9 Å². The van der Waals surface area contributed by atoms with Crippen molar-refractivity contribution in [3.05, 3.63) is 56.7 Å². The van der Waals surface area contributed by atoms with E-state index in [1.807, 2.05) is 0 Å². The third-order valence-electron chi connectivity index (χ3n) is 2.66. The number of carboxylic acids is 1. The molecular weight excluding hydrogens is 300 g/mol. The second-order valence-corrected chi connectivity index (χ2v) is 4.52. The molecule has 0 atom stereocenters. The number of nitro benzene ring substituents is 1. The molecular formula is C13H9ClN2O5. The number of aromatic carboxylic acids is 1. The summed E-state index contributed by atoms with van der Waals surface area (Å²) in [5.74, 6) is -1.58. The van der Waals surface area contributed by atoms with Gasteiger partial charge in [0.15, 0.2) is 0 Å². The van der Waals surface area contributed by atoms with Crippen LogP contribution in [0.1, 0.15) is 15.9 Å². The Kier molecular flexibility index (Phi) is 4.04. The quantitative estimate of drug-likeness (QED) is 0.685. The molecule has 0 aliphatic rings. The van der Waals surface area contributed by atoms with Crippen molar-refractivity contribution in [3.8, 4) is 11.6 Å². The van der Waals surface area contributed by atoms with Gasteiger partial charge in [0.05, 0.1) is 4.92 Å². The molecule has 0 spiro atoms. The Bertz CT molecular complexity index is 732. The first kappa shape index (κ1) is 14.7. The van der Waals surface area contributed by atoms with E-state index in [-0.39, 0.29) is 27.9 Å². The maximum Gasteiger partial charge on any atom is 0.341 e. The van der Waals surface area contributed by atoms with Crippen LogP contribution >= 0.6 is 11.6 Å². The number of hydrogen-bond donors (Lipinski definition) is 1. The predicted octanol–water partition coefficient (Wildman–Crippen LogP) is 3.44. The Morgan fingerprint density at radius 2 is 2.14 bits per heavy atom. The summed E-state index contributed by atoms with van der Waals surface area (Å²) in [7, 11) is 0. The summed E-state index contributed by atoms with van der Waals surface area (Å²) in [6.45, 7) is 1.58. The molecule has 2 rings (SSSR count). The van der Waals surface area contributed by atoms with Crippen molar-refractivity contribution < 1.29 is 19.6 Å². The van der Waals surface area contributed by atoms with Gasteiger partial charge in [-0.15, -0.1) is 0 Å². The van der Waals surface area contributed by atoms with Crippen LogP contribution in [0.5, 0.6) is 11.6 Å². The number of nitrogens with zero attached hydrogens (tertiary/aromatic N) is 2. The van der Waals surface area contributed by atoms with Crippen molar-refractivity contribution in [2.75, 3.05) is 0 Å². The number of hydrogen-bond acceptors (Lipinski definition) is 5. The molecule has 21 heavy (non-hydrogen) atoms. The molecule has 0 fully saturated rings. The lowest BCUT2D eigenvalue weighted by Gasteiger charge is -2.09. The minimum absolute atomic E-state index is 0.134. The molecule has 2 aromatic rings. The molecule has 1 heterocycles. The summed E-state index contributed by atoms with van der Waals surface area (Å²) in [5.41, 5.74) is -0.0898. The highest BCUT2D eigenvalue weighted by Gasteiger charge is 2.21. The lowest BCUT2D eigenvalue weighted by Crippen LogP contribution is -2.05. The Morgan fingerprint density at radius 3 is 2.76 bits per heavy atom. The molecule has 0 amide bonds. The minimum atomic E-state index is -1.23. The van der Waals surface area contributed by atoms with Crippen LogP contribution in [0, 0.1) is 17.0 Å². The van der Waals surface area contributed by atoms with Gasteiger partial charge in [0.25, 0.3) is 0 Å². The second kappa shape index (κ2) is 5.76. The van der Waals surface area contributed by atoms with E-state index in [2.05, 4.69) is 4.98 Å². The monoisotopic (exact) mass is 308 g/mol. The van der Waals surface area contributed by atoms with Gasteiger partial charge in [-0.25, -0.2) is 9.78 Å². The highest BCUT2D eigenvalue weighted by molar-refractivity contribution is 6.30. The largest absolute Gasteiger partial charge is 0.477 e. The van der Waals surface area contributed by atoms with E-state index >= 15 is 0 Å². The summed E-state index contributed by atoms with van der Waals surface area (Å²) in [6.07, 6.45) is 1.36. The van der Waals surface area contributed by atoms with Crippen LogP contribution in [-0.4, -0.2) is 21.0 Å². The molecule has 0 aliphatic heterocycles. The fraction of sp³-hybridized carbons (Fsp3) is 0.0769. The maximum absolute atomic E-state index is 11.2. The number of nitro groups is 1. The topological polar surface area (TPSA) is 103 Å². The van der Waals surface area contributed by atoms with Gasteiger partial charge in [-0.1, -0.05) is 11.6 Å². The summed E-state index contributed by atoms with van der Waals surface area (Å²) in [5, 5.41) is 20.3. The van der Waals surface area contributed by atoms with Crippen LogP contribution in [0.2, 0.25) is 5.02 Å². The van der Waals surface area contributed by atoms with Crippen molar-refractivity contribution in [1.82, 2.24) is 4.98 Å². The van der Waals surface area contributed by atoms with Crippen LogP contribution in [0.15, 0.2) is 30.5 Å². The zero-order valence-corrected chi connectivity index (χ0v) is 11.5. The summed E-state index contributed by atoms with van der Waals surface area (Å²) in [4.78, 5) is 25.4. The molecule has 1 aromatic heterocycles. The molecule has 0 aliphatic carbocycles. The first-order valence-corrected chi connectivity index (χ1v) is 6.08. The number of aryl methyl sites for hydroxylation is 1. The molecule has 0 radical (unpaired) electrons. The van der Waals surface area contributed by atoms with E-state index in [9.17, 15) is 20.0 Å². The fourth-order valence-electron chi connectivity index (χ4n) is 1.69. The molecule has 7 nitrogen and oxygen atoms in total. The van der Waals surface area contributed by atoms with Crippen LogP contribution in [0.3, 0.4) is 0 Å². The smallest absolute Gasteiger partial charge is 0.341 e. The van der Waals surface area contributed by atoms with Crippen LogP contribution < -0.4 is 4.74 Å². The third-order valence-corrected chi connectivity index (χ3v) is 2.90. The summed E-state index contributed by atoms with van der Waals surface area (Å²) in [6, 6.07) is 5.32. The van der Waals surface area contributed by atoms with E-state index in [0.717, 1.165) is 6.07 Å². The lowest BCUT2D eigenvalue weighted by atomic mass is 10.1. The molecule has 8 heteroatoms. The van der Waals surface area contributed by atoms with Gasteiger partial charge in [-0.05, 0) is 30.7 Å². The molecule has 1 aromatic carbocycles. The average Bonchev–Trinajstić information content (AvgIpc) is 2.40. The van der Waals surface area contributed by atoms with E-state index in [1.165, 1.54) is 24.4 Å². The van der Waals surface area contributed by atoms with Crippen molar-refractivity contribution in [2.24, 2.45) is 0 Å². The number of halogens is 1. The number of rotatable bonds is 4. The maximum atomic E-state index is 11.2. The first-order chi connectivity index (χ1) is 9.90. The summed E-state index contributed by atoms with van der Waals surface area (Å²) >= 11 is 5.70. The van der Waals surface area contributed by atoms with E-state index in [1.54, 1.807) is 6.92 Å². The van der Waals surface area contributed by atoms with Gasteiger partial charge in [0, 0.05) is 17.3 Å². The average molecular weight is 309 g/mol. The molecule has 0 bridgehead atoms. The van der Waals surface area contributed by atoms with Gasteiger partial charge in [0.1, 0.15) is 5.56 Å². The van der Waals surface area contributed by atoms with E-state index in [4.69, 9.17) is 16.3 Å². The van der Waals surface area contributed by atoms with Crippen molar-refractivity contribution in [1.29, 1.82) is 0 Å². The zero-order valence-electron chi connectivity index (χ0n) is 10.7. The van der Waals surface area contributed by atoms with Crippen molar-refractivity contribution in [3.63, 3.8) is 0 Å². The van der Waals surface area contributed by atoms with Crippen LogP contribution in [0.4, 0.5) is 5.69 Å². The molecule has 1 N–H and O–H groups in total. The molecule has 0 saturated carbocycles. The second-order valence-electron chi connectivity index (χ2n) is 4.08. The van der Waals surface area contributed by atoms with Gasteiger partial charge >= 0.3 is 11.7 Å². The zero-order chi connectivity index (χ0) is 15.6. The van der Waals surface area contributed by atoms with Gasteiger partial charge in [-0.2, -0.15) is 0 Å². The Hall–Kier alpha value is -2.67. The number of benzene rings is 1. The predicted molar refractivity (Wildman–Crippen MR) is 74.1 cm³/mol. The Morgan fingerprint density at radius 1 is 1.43 bits per heavy atom. The fourth-order valence-corrected chi connectivity index (χ4v) is 1.86. The van der Waals surface area contributed by atoms with Crippen molar-refractivity contribution in [2.45, 2.75) is 6.92 Å². The number of pyridine rings is 1. The Balaban J connectivity index is 2.51. The van der Waals surface area contributed by atoms with E-state index in [0.29, 0.717) is 5.56 Å². The minimum Gasteiger partial charge on any atom is -0.477 e. The van der Waals surface area contributed by atoms with Gasteiger partial charge in [0.2, 0.25) is 11.6 Å². The van der Waals surface area contributed by atoms with Gasteiger partial charge < -0.3 is 9.84 Å². The first-order valence-electron chi connectivity index (χ1n) is 5.71. The standard InChI is InChI=1S/C13H9ClN2O5/c1-7-4-5-15-12(11(7)13(17)18)21-10-3-2-8(14)6-9(10)16(19)20/h2-6H,1H3,(H,17,18). The highest BCUT2D eigenvalue weighted by atomic mass is 35.5. The number of carboxylic acid groups (broad SMARTS) is 1. The number of carbonyl (C=O) groups is 1.